The first-order chi connectivity index (χ1) is 10.1. The molecule has 0 aromatic rings. The second-order valence-corrected chi connectivity index (χ2v) is 5.88. The molecular weight excluding hydrogens is 270 g/mol. The SMILES string of the molecule is CCCNC(=O)N1CCC(=O)N(CC)C2(CCOCC2)C1. The third kappa shape index (κ3) is 3.48. The highest BCUT2D eigenvalue weighted by Crippen LogP contribution is 2.31. The Labute approximate surface area is 126 Å². The minimum absolute atomic E-state index is 0.0477. The zero-order valence-electron chi connectivity index (χ0n) is 13.2. The molecule has 0 atom stereocenters. The molecule has 2 heterocycles. The van der Waals surface area contributed by atoms with Gasteiger partial charge in [0.15, 0.2) is 0 Å². The summed E-state index contributed by atoms with van der Waals surface area (Å²) in [5.41, 5.74) is -0.246. The van der Waals surface area contributed by atoms with Crippen LogP contribution in [0.5, 0.6) is 0 Å². The summed E-state index contributed by atoms with van der Waals surface area (Å²) < 4.78 is 5.47. The van der Waals surface area contributed by atoms with Crippen LogP contribution < -0.4 is 5.32 Å². The van der Waals surface area contributed by atoms with Gasteiger partial charge in [0.2, 0.25) is 5.91 Å². The fourth-order valence-corrected chi connectivity index (χ4v) is 3.36. The van der Waals surface area contributed by atoms with E-state index in [1.54, 1.807) is 0 Å². The molecule has 6 nitrogen and oxygen atoms in total. The zero-order chi connectivity index (χ0) is 15.3. The standard InChI is InChI=1S/C15H27N3O3/c1-3-8-16-14(20)17-9-5-13(19)18(4-2)15(12-17)6-10-21-11-7-15/h3-12H2,1-2H3,(H,16,20). The Morgan fingerprint density at radius 2 is 2.05 bits per heavy atom. The number of nitrogens with zero attached hydrogens (tertiary/aromatic N) is 2. The minimum Gasteiger partial charge on any atom is -0.381 e. The van der Waals surface area contributed by atoms with E-state index in [1.165, 1.54) is 0 Å². The minimum atomic E-state index is -0.246. The molecule has 120 valence electrons. The third-order valence-corrected chi connectivity index (χ3v) is 4.51. The van der Waals surface area contributed by atoms with Crippen LogP contribution in [0.25, 0.3) is 0 Å². The molecular formula is C15H27N3O3. The van der Waals surface area contributed by atoms with Crippen LogP contribution in [0.4, 0.5) is 4.79 Å². The Balaban J connectivity index is 2.17. The number of carbonyl (C=O) groups is 2. The summed E-state index contributed by atoms with van der Waals surface area (Å²) >= 11 is 0. The van der Waals surface area contributed by atoms with Gasteiger partial charge in [0, 0.05) is 45.8 Å². The molecule has 2 rings (SSSR count). The van der Waals surface area contributed by atoms with Crippen molar-refractivity contribution < 1.29 is 14.3 Å². The van der Waals surface area contributed by atoms with E-state index in [1.807, 2.05) is 23.6 Å². The van der Waals surface area contributed by atoms with Crippen LogP contribution in [0, 0.1) is 0 Å². The number of urea groups is 1. The lowest BCUT2D eigenvalue weighted by molar-refractivity contribution is -0.139. The molecule has 1 N–H and O–H groups in total. The van der Waals surface area contributed by atoms with Crippen LogP contribution in [0.3, 0.4) is 0 Å². The second kappa shape index (κ2) is 7.11. The van der Waals surface area contributed by atoms with Crippen molar-refractivity contribution in [3.8, 4) is 0 Å². The molecule has 0 aromatic carbocycles. The fourth-order valence-electron chi connectivity index (χ4n) is 3.36. The second-order valence-electron chi connectivity index (χ2n) is 5.88. The first-order valence-electron chi connectivity index (χ1n) is 8.04. The maximum Gasteiger partial charge on any atom is 0.317 e. The number of nitrogens with one attached hydrogen (secondary N) is 1. The molecule has 0 saturated carbocycles. The van der Waals surface area contributed by atoms with Crippen molar-refractivity contribution in [3.63, 3.8) is 0 Å². The van der Waals surface area contributed by atoms with Gasteiger partial charge in [-0.2, -0.15) is 0 Å². The molecule has 1 spiro atoms. The van der Waals surface area contributed by atoms with Crippen molar-refractivity contribution in [1.29, 1.82) is 0 Å². The summed E-state index contributed by atoms with van der Waals surface area (Å²) in [5, 5.41) is 2.93. The normalized spacial score (nSPS) is 22.3. The summed E-state index contributed by atoms with van der Waals surface area (Å²) in [6, 6.07) is -0.0477. The van der Waals surface area contributed by atoms with E-state index in [9.17, 15) is 9.59 Å². The number of carbonyl (C=O) groups excluding carboxylic acids is 2. The van der Waals surface area contributed by atoms with Crippen molar-refractivity contribution in [2.24, 2.45) is 0 Å². The van der Waals surface area contributed by atoms with Crippen LogP contribution >= 0.6 is 0 Å². The Kier molecular flexibility index (Phi) is 5.45. The molecule has 2 aliphatic rings. The lowest BCUT2D eigenvalue weighted by Crippen LogP contribution is -2.59. The maximum atomic E-state index is 12.4. The summed E-state index contributed by atoms with van der Waals surface area (Å²) in [4.78, 5) is 28.5. The maximum absolute atomic E-state index is 12.4. The predicted molar refractivity (Wildman–Crippen MR) is 80.1 cm³/mol. The summed E-state index contributed by atoms with van der Waals surface area (Å²) in [6.07, 6.45) is 2.95. The predicted octanol–water partition coefficient (Wildman–Crippen LogP) is 1.21. The average Bonchev–Trinajstić information content (AvgIpc) is 2.62. The van der Waals surface area contributed by atoms with Gasteiger partial charge < -0.3 is 19.9 Å². The molecule has 0 radical (unpaired) electrons. The number of hydrogen-bond acceptors (Lipinski definition) is 3. The molecule has 3 amide bonds. The number of ether oxygens (including phenoxy) is 1. The van der Waals surface area contributed by atoms with Crippen molar-refractivity contribution in [1.82, 2.24) is 15.1 Å². The Morgan fingerprint density at radius 1 is 1.33 bits per heavy atom. The van der Waals surface area contributed by atoms with Gasteiger partial charge in [-0.3, -0.25) is 4.79 Å². The van der Waals surface area contributed by atoms with E-state index >= 15 is 0 Å². The number of amides is 3. The van der Waals surface area contributed by atoms with Crippen LogP contribution in [0.15, 0.2) is 0 Å². The highest BCUT2D eigenvalue weighted by atomic mass is 16.5. The summed E-state index contributed by atoms with van der Waals surface area (Å²) in [5.74, 6) is 0.158. The molecule has 0 aromatic heterocycles. The van der Waals surface area contributed by atoms with E-state index in [0.29, 0.717) is 45.8 Å². The van der Waals surface area contributed by atoms with Crippen LogP contribution in [-0.4, -0.2) is 66.7 Å². The molecule has 6 heteroatoms. The largest absolute Gasteiger partial charge is 0.381 e. The van der Waals surface area contributed by atoms with Crippen molar-refractivity contribution in [2.75, 3.05) is 39.4 Å². The molecule has 0 unspecified atom stereocenters. The van der Waals surface area contributed by atoms with E-state index < -0.39 is 0 Å². The smallest absolute Gasteiger partial charge is 0.317 e. The Hall–Kier alpha value is -1.30. The lowest BCUT2D eigenvalue weighted by Gasteiger charge is -2.46. The van der Waals surface area contributed by atoms with Gasteiger partial charge in [-0.05, 0) is 26.2 Å². The number of rotatable bonds is 3. The van der Waals surface area contributed by atoms with Crippen LogP contribution in [0.1, 0.15) is 39.5 Å². The van der Waals surface area contributed by atoms with Crippen molar-refractivity contribution >= 4 is 11.9 Å². The van der Waals surface area contributed by atoms with Gasteiger partial charge in [-0.1, -0.05) is 6.92 Å². The van der Waals surface area contributed by atoms with Crippen molar-refractivity contribution in [2.45, 2.75) is 45.1 Å². The molecule has 0 bridgehead atoms. The first kappa shape index (κ1) is 16.1. The summed E-state index contributed by atoms with van der Waals surface area (Å²) in [7, 11) is 0. The number of hydrogen-bond donors (Lipinski definition) is 1. The van der Waals surface area contributed by atoms with E-state index in [2.05, 4.69) is 5.32 Å². The average molecular weight is 297 g/mol. The lowest BCUT2D eigenvalue weighted by atomic mass is 9.87. The fraction of sp³-hybridized carbons (Fsp3) is 0.867. The Bertz CT molecular complexity index is 380. The van der Waals surface area contributed by atoms with E-state index in [0.717, 1.165) is 19.3 Å². The summed E-state index contributed by atoms with van der Waals surface area (Å²) in [6.45, 7) is 7.87. The topological polar surface area (TPSA) is 61.9 Å². The quantitative estimate of drug-likeness (QED) is 0.851. The molecule has 21 heavy (non-hydrogen) atoms. The van der Waals surface area contributed by atoms with Gasteiger partial charge in [0.25, 0.3) is 0 Å². The molecule has 2 fully saturated rings. The monoisotopic (exact) mass is 297 g/mol. The first-order valence-corrected chi connectivity index (χ1v) is 8.04. The number of likely N-dealkylation sites (N-methyl/N-ethyl adjacent to an activating group) is 1. The van der Waals surface area contributed by atoms with Crippen LogP contribution in [-0.2, 0) is 9.53 Å². The zero-order valence-corrected chi connectivity index (χ0v) is 13.2. The third-order valence-electron chi connectivity index (χ3n) is 4.51. The van der Waals surface area contributed by atoms with Gasteiger partial charge in [0.1, 0.15) is 0 Å². The van der Waals surface area contributed by atoms with E-state index in [-0.39, 0.29) is 17.5 Å². The van der Waals surface area contributed by atoms with Crippen molar-refractivity contribution in [3.05, 3.63) is 0 Å². The highest BCUT2D eigenvalue weighted by molar-refractivity contribution is 5.80. The van der Waals surface area contributed by atoms with Gasteiger partial charge in [-0.15, -0.1) is 0 Å². The van der Waals surface area contributed by atoms with Gasteiger partial charge >= 0.3 is 6.03 Å². The van der Waals surface area contributed by atoms with E-state index in [4.69, 9.17) is 4.74 Å². The Morgan fingerprint density at radius 3 is 2.67 bits per heavy atom. The molecule has 0 aliphatic carbocycles. The molecule has 2 saturated heterocycles. The highest BCUT2D eigenvalue weighted by Gasteiger charge is 2.44. The van der Waals surface area contributed by atoms with Crippen LogP contribution in [0.2, 0.25) is 0 Å². The molecule has 2 aliphatic heterocycles. The van der Waals surface area contributed by atoms with Gasteiger partial charge in [0.05, 0.1) is 5.54 Å². The van der Waals surface area contributed by atoms with Gasteiger partial charge in [-0.25, -0.2) is 4.79 Å².